The van der Waals surface area contributed by atoms with Crippen LogP contribution in [0.4, 0.5) is 5.82 Å². The zero-order valence-corrected chi connectivity index (χ0v) is 8.84. The summed E-state index contributed by atoms with van der Waals surface area (Å²) >= 11 is 0. The van der Waals surface area contributed by atoms with Crippen molar-refractivity contribution in [2.24, 2.45) is 0 Å². The smallest absolute Gasteiger partial charge is 0.233 e. The first kappa shape index (κ1) is 13.0. The number of halogens is 1. The maximum absolute atomic E-state index is 8.74. The molecule has 0 atom stereocenters. The fourth-order valence-corrected chi connectivity index (χ4v) is 0.926. The molecule has 0 spiro atoms. The normalized spacial score (nSPS) is 8.20. The summed E-state index contributed by atoms with van der Waals surface area (Å²) in [5.74, 6) is 0.251. The number of nitrogens with zero attached hydrogens (tertiary/aromatic N) is 3. The van der Waals surface area contributed by atoms with Crippen LogP contribution in [0.15, 0.2) is 6.07 Å². The Morgan fingerprint density at radius 3 is 2.47 bits per heavy atom. The van der Waals surface area contributed by atoms with E-state index in [9.17, 15) is 0 Å². The first-order chi connectivity index (χ1) is 6.72. The maximum atomic E-state index is 8.74. The lowest BCUT2D eigenvalue weighted by molar-refractivity contribution is 0.326. The molecule has 1 aromatic heterocycles. The molecule has 0 unspecified atom stereocenters. The van der Waals surface area contributed by atoms with Crippen LogP contribution >= 0.6 is 12.4 Å². The molecule has 0 saturated carbocycles. The minimum absolute atomic E-state index is 0. The van der Waals surface area contributed by atoms with Crippen LogP contribution in [-0.2, 0) is 0 Å². The van der Waals surface area contributed by atoms with Gasteiger partial charge in [-0.1, -0.05) is 0 Å². The van der Waals surface area contributed by atoms with Crippen molar-refractivity contribution < 1.29 is 4.74 Å². The van der Waals surface area contributed by atoms with E-state index in [4.69, 9.17) is 21.0 Å². The van der Waals surface area contributed by atoms with Crippen LogP contribution in [-0.4, -0.2) is 11.6 Å². The molecule has 0 bridgehead atoms. The van der Waals surface area contributed by atoms with E-state index in [1.54, 1.807) is 6.92 Å². The summed E-state index contributed by atoms with van der Waals surface area (Å²) in [5, 5.41) is 17.4. The Labute approximate surface area is 93.5 Å². The topological polar surface area (TPSA) is 95.7 Å². The zero-order chi connectivity index (χ0) is 10.6. The molecule has 0 aromatic carbocycles. The van der Waals surface area contributed by atoms with Gasteiger partial charge in [-0.05, 0) is 13.0 Å². The van der Waals surface area contributed by atoms with E-state index in [-0.39, 0.29) is 35.2 Å². The van der Waals surface area contributed by atoms with Gasteiger partial charge in [0.2, 0.25) is 5.88 Å². The van der Waals surface area contributed by atoms with Crippen LogP contribution in [0.1, 0.15) is 18.1 Å². The standard InChI is InChI=1S/C9H8N4O.ClH/c1-2-14-9-7(5-11)3-6(4-10)8(12)13-9;/h3H,2H2,1H3,(H2,12,13);1H. The van der Waals surface area contributed by atoms with Crippen molar-refractivity contribution in [3.63, 3.8) is 0 Å². The van der Waals surface area contributed by atoms with Gasteiger partial charge in [-0.2, -0.15) is 15.5 Å². The van der Waals surface area contributed by atoms with Gasteiger partial charge in [0, 0.05) is 0 Å². The first-order valence-electron chi connectivity index (χ1n) is 3.96. The molecule has 78 valence electrons. The summed E-state index contributed by atoms with van der Waals surface area (Å²) in [7, 11) is 0. The average molecular weight is 225 g/mol. The van der Waals surface area contributed by atoms with Crippen LogP contribution in [0.25, 0.3) is 0 Å². The van der Waals surface area contributed by atoms with Gasteiger partial charge >= 0.3 is 0 Å². The molecule has 0 amide bonds. The minimum atomic E-state index is 0. The van der Waals surface area contributed by atoms with Crippen molar-refractivity contribution in [1.29, 1.82) is 10.5 Å². The number of anilines is 1. The fourth-order valence-electron chi connectivity index (χ4n) is 0.926. The molecule has 1 aromatic rings. The van der Waals surface area contributed by atoms with Crippen molar-refractivity contribution in [1.82, 2.24) is 4.98 Å². The summed E-state index contributed by atoms with van der Waals surface area (Å²) in [6, 6.07) is 5.10. The van der Waals surface area contributed by atoms with E-state index >= 15 is 0 Å². The quantitative estimate of drug-likeness (QED) is 0.815. The zero-order valence-electron chi connectivity index (χ0n) is 8.02. The molecular weight excluding hydrogens is 216 g/mol. The molecule has 0 fully saturated rings. The number of aromatic nitrogens is 1. The van der Waals surface area contributed by atoms with Crippen molar-refractivity contribution >= 4 is 18.2 Å². The summed E-state index contributed by atoms with van der Waals surface area (Å²) in [6.07, 6.45) is 0. The second-order valence-electron chi connectivity index (χ2n) is 2.43. The molecule has 1 heterocycles. The van der Waals surface area contributed by atoms with Gasteiger partial charge in [0.25, 0.3) is 0 Å². The molecule has 2 N–H and O–H groups in total. The van der Waals surface area contributed by atoms with E-state index in [0.717, 1.165) is 0 Å². The number of ether oxygens (including phenoxy) is 1. The summed E-state index contributed by atoms with van der Waals surface area (Å²) in [5.41, 5.74) is 5.87. The van der Waals surface area contributed by atoms with Crippen LogP contribution < -0.4 is 10.5 Å². The molecule has 0 radical (unpaired) electrons. The number of hydrogen-bond donors (Lipinski definition) is 1. The number of nitrogens with two attached hydrogens (primary N) is 1. The van der Waals surface area contributed by atoms with E-state index in [2.05, 4.69) is 4.98 Å². The van der Waals surface area contributed by atoms with Crippen LogP contribution in [0, 0.1) is 22.7 Å². The molecule has 0 aliphatic rings. The van der Waals surface area contributed by atoms with Gasteiger partial charge in [0.1, 0.15) is 23.5 Å². The number of pyridine rings is 1. The highest BCUT2D eigenvalue weighted by molar-refractivity contribution is 5.85. The van der Waals surface area contributed by atoms with Gasteiger partial charge in [-0.3, -0.25) is 0 Å². The van der Waals surface area contributed by atoms with Gasteiger partial charge in [0.15, 0.2) is 0 Å². The van der Waals surface area contributed by atoms with Gasteiger partial charge in [-0.15, -0.1) is 12.4 Å². The van der Waals surface area contributed by atoms with Crippen molar-refractivity contribution in [2.45, 2.75) is 6.92 Å². The highest BCUT2D eigenvalue weighted by atomic mass is 35.5. The molecule has 6 heteroatoms. The summed E-state index contributed by atoms with van der Waals surface area (Å²) in [4.78, 5) is 3.82. The Balaban J connectivity index is 0.00000196. The first-order valence-corrected chi connectivity index (χ1v) is 3.96. The lowest BCUT2D eigenvalue weighted by Crippen LogP contribution is -2.02. The molecule has 0 aliphatic carbocycles. The molecule has 1 rings (SSSR count). The molecule has 0 saturated heterocycles. The SMILES string of the molecule is CCOc1nc(N)c(C#N)cc1C#N.Cl. The van der Waals surface area contributed by atoms with Gasteiger partial charge in [0.05, 0.1) is 12.2 Å². The second kappa shape index (κ2) is 5.69. The van der Waals surface area contributed by atoms with Crippen LogP contribution in [0.2, 0.25) is 0 Å². The Morgan fingerprint density at radius 2 is 2.00 bits per heavy atom. The summed E-state index contributed by atoms with van der Waals surface area (Å²) in [6.45, 7) is 2.17. The van der Waals surface area contributed by atoms with Crippen LogP contribution in [0.5, 0.6) is 5.88 Å². The highest BCUT2D eigenvalue weighted by Gasteiger charge is 2.09. The molecule has 15 heavy (non-hydrogen) atoms. The maximum Gasteiger partial charge on any atom is 0.233 e. The lowest BCUT2D eigenvalue weighted by Gasteiger charge is -2.05. The van der Waals surface area contributed by atoms with Gasteiger partial charge < -0.3 is 10.5 Å². The summed E-state index contributed by atoms with van der Waals surface area (Å²) < 4.78 is 5.09. The Hall–Kier alpha value is -1.98. The predicted molar refractivity (Wildman–Crippen MR) is 56.5 cm³/mol. The van der Waals surface area contributed by atoms with Crippen molar-refractivity contribution in [3.8, 4) is 18.0 Å². The minimum Gasteiger partial charge on any atom is -0.477 e. The third-order valence-electron chi connectivity index (χ3n) is 1.54. The van der Waals surface area contributed by atoms with Gasteiger partial charge in [-0.25, -0.2) is 0 Å². The molecular formula is C9H9ClN4O. The third kappa shape index (κ3) is 2.73. The number of nitrogen functional groups attached to an aromatic ring is 1. The Bertz CT molecular complexity index is 433. The Morgan fingerprint density at radius 1 is 1.40 bits per heavy atom. The van der Waals surface area contributed by atoms with E-state index < -0.39 is 0 Å². The highest BCUT2D eigenvalue weighted by Crippen LogP contribution is 2.19. The molecule has 0 aliphatic heterocycles. The largest absolute Gasteiger partial charge is 0.477 e. The average Bonchev–Trinajstić information content (AvgIpc) is 2.19. The predicted octanol–water partition coefficient (Wildman–Crippen LogP) is 1.23. The fraction of sp³-hybridized carbons (Fsp3) is 0.222. The van der Waals surface area contributed by atoms with E-state index in [0.29, 0.717) is 6.61 Å². The number of nitriles is 2. The lowest BCUT2D eigenvalue weighted by atomic mass is 10.2. The second-order valence-corrected chi connectivity index (χ2v) is 2.43. The third-order valence-corrected chi connectivity index (χ3v) is 1.54. The number of hydrogen-bond acceptors (Lipinski definition) is 5. The van der Waals surface area contributed by atoms with E-state index in [1.165, 1.54) is 6.07 Å². The van der Waals surface area contributed by atoms with E-state index in [1.807, 2.05) is 12.1 Å². The monoisotopic (exact) mass is 224 g/mol. The molecule has 5 nitrogen and oxygen atoms in total. The number of rotatable bonds is 2. The van der Waals surface area contributed by atoms with Crippen molar-refractivity contribution in [2.75, 3.05) is 12.3 Å². The Kier molecular flexibility index (Phi) is 4.94. The van der Waals surface area contributed by atoms with Crippen molar-refractivity contribution in [3.05, 3.63) is 17.2 Å². The van der Waals surface area contributed by atoms with Crippen LogP contribution in [0.3, 0.4) is 0 Å².